The Morgan fingerprint density at radius 1 is 1.19 bits per heavy atom. The topological polar surface area (TPSA) is 81.4 Å². The molecule has 0 fully saturated rings. The predicted molar refractivity (Wildman–Crippen MR) is 84.3 cm³/mol. The van der Waals surface area contributed by atoms with Gasteiger partial charge in [0.05, 0.1) is 23.0 Å². The quantitative estimate of drug-likeness (QED) is 0.827. The van der Waals surface area contributed by atoms with Crippen molar-refractivity contribution in [2.45, 2.75) is 11.8 Å². The molecule has 0 bridgehead atoms. The molecule has 21 heavy (non-hydrogen) atoms. The molecule has 5 nitrogen and oxygen atoms in total. The number of benzene rings is 2. The van der Waals surface area contributed by atoms with Crippen molar-refractivity contribution in [3.63, 3.8) is 0 Å². The van der Waals surface area contributed by atoms with Crippen molar-refractivity contribution in [3.05, 3.63) is 47.5 Å². The maximum atomic E-state index is 12.5. The zero-order valence-electron chi connectivity index (χ0n) is 11.3. The molecule has 0 heterocycles. The summed E-state index contributed by atoms with van der Waals surface area (Å²) >= 11 is 5.95. The highest BCUT2D eigenvalue weighted by Crippen LogP contribution is 2.31. The molecule has 0 saturated carbocycles. The van der Waals surface area contributed by atoms with Crippen LogP contribution in [0.1, 0.15) is 6.92 Å². The highest BCUT2D eigenvalue weighted by molar-refractivity contribution is 7.93. The van der Waals surface area contributed by atoms with Crippen LogP contribution in [0.4, 0.5) is 11.4 Å². The summed E-state index contributed by atoms with van der Waals surface area (Å²) in [5, 5.41) is 0.0661. The Balaban J connectivity index is 2.43. The molecular formula is C14H15ClN2O3S. The molecular weight excluding hydrogens is 312 g/mol. The normalized spacial score (nSPS) is 11.1. The Hall–Kier alpha value is -1.92. The van der Waals surface area contributed by atoms with Crippen molar-refractivity contribution in [1.82, 2.24) is 0 Å². The van der Waals surface area contributed by atoms with Crippen LogP contribution in [0.3, 0.4) is 0 Å². The van der Waals surface area contributed by atoms with E-state index in [0.717, 1.165) is 0 Å². The summed E-state index contributed by atoms with van der Waals surface area (Å²) in [5.41, 5.74) is 6.14. The predicted octanol–water partition coefficient (Wildman–Crippen LogP) is 3.12. The van der Waals surface area contributed by atoms with Crippen molar-refractivity contribution in [3.8, 4) is 5.75 Å². The van der Waals surface area contributed by atoms with Crippen LogP contribution in [-0.2, 0) is 10.0 Å². The summed E-state index contributed by atoms with van der Waals surface area (Å²) < 4.78 is 32.8. The van der Waals surface area contributed by atoms with E-state index in [9.17, 15) is 8.42 Å². The van der Waals surface area contributed by atoms with Crippen molar-refractivity contribution < 1.29 is 13.2 Å². The number of para-hydroxylation sites is 2. The molecule has 0 spiro atoms. The number of halogens is 1. The van der Waals surface area contributed by atoms with E-state index >= 15 is 0 Å². The molecule has 0 aliphatic carbocycles. The fourth-order valence-corrected chi connectivity index (χ4v) is 3.59. The van der Waals surface area contributed by atoms with E-state index in [0.29, 0.717) is 18.0 Å². The molecule has 0 amide bonds. The fraction of sp³-hybridized carbons (Fsp3) is 0.143. The maximum absolute atomic E-state index is 12.5. The van der Waals surface area contributed by atoms with Gasteiger partial charge in [-0.05, 0) is 31.2 Å². The van der Waals surface area contributed by atoms with Crippen LogP contribution in [0.25, 0.3) is 0 Å². The molecule has 0 unspecified atom stereocenters. The Kier molecular flexibility index (Phi) is 4.59. The summed E-state index contributed by atoms with van der Waals surface area (Å²) in [6.45, 7) is 2.24. The van der Waals surface area contributed by atoms with Gasteiger partial charge in [-0.2, -0.15) is 0 Å². The lowest BCUT2D eigenvalue weighted by Crippen LogP contribution is -2.16. The van der Waals surface area contributed by atoms with Gasteiger partial charge in [0.2, 0.25) is 0 Å². The van der Waals surface area contributed by atoms with Crippen molar-refractivity contribution in [2.24, 2.45) is 0 Å². The lowest BCUT2D eigenvalue weighted by molar-refractivity contribution is 0.342. The smallest absolute Gasteiger partial charge is 0.265 e. The zero-order valence-corrected chi connectivity index (χ0v) is 12.9. The van der Waals surface area contributed by atoms with Gasteiger partial charge in [-0.3, -0.25) is 4.72 Å². The van der Waals surface area contributed by atoms with Crippen molar-refractivity contribution >= 4 is 33.0 Å². The van der Waals surface area contributed by atoms with E-state index in [-0.39, 0.29) is 15.6 Å². The number of hydrogen-bond acceptors (Lipinski definition) is 4. The number of nitrogens with two attached hydrogens (primary N) is 1. The zero-order chi connectivity index (χ0) is 15.5. The average Bonchev–Trinajstić information content (AvgIpc) is 2.40. The second kappa shape index (κ2) is 6.24. The average molecular weight is 327 g/mol. The van der Waals surface area contributed by atoms with Crippen LogP contribution < -0.4 is 15.2 Å². The molecule has 0 aromatic heterocycles. The van der Waals surface area contributed by atoms with E-state index in [2.05, 4.69) is 4.72 Å². The van der Waals surface area contributed by atoms with Crippen LogP contribution in [-0.4, -0.2) is 15.0 Å². The third-order valence-corrected chi connectivity index (χ3v) is 4.61. The molecule has 7 heteroatoms. The monoisotopic (exact) mass is 326 g/mol. The summed E-state index contributed by atoms with van der Waals surface area (Å²) in [4.78, 5) is -0.141. The minimum atomic E-state index is -3.90. The minimum absolute atomic E-state index is 0.0661. The Morgan fingerprint density at radius 3 is 2.57 bits per heavy atom. The van der Waals surface area contributed by atoms with E-state index in [1.807, 2.05) is 6.92 Å². The van der Waals surface area contributed by atoms with E-state index in [1.54, 1.807) is 30.3 Å². The van der Waals surface area contributed by atoms with Gasteiger partial charge in [0.1, 0.15) is 10.6 Å². The first-order valence-electron chi connectivity index (χ1n) is 6.24. The van der Waals surface area contributed by atoms with Gasteiger partial charge in [-0.15, -0.1) is 0 Å². The molecule has 2 aromatic carbocycles. The molecule has 2 aromatic rings. The summed E-state index contributed by atoms with van der Waals surface area (Å²) in [5.74, 6) is 0.439. The van der Waals surface area contributed by atoms with E-state index < -0.39 is 10.0 Å². The highest BCUT2D eigenvalue weighted by atomic mass is 35.5. The first kappa shape index (κ1) is 15.5. The van der Waals surface area contributed by atoms with Gasteiger partial charge >= 0.3 is 0 Å². The highest BCUT2D eigenvalue weighted by Gasteiger charge is 2.22. The summed E-state index contributed by atoms with van der Waals surface area (Å²) in [7, 11) is -3.90. The molecule has 0 radical (unpaired) electrons. The van der Waals surface area contributed by atoms with Gasteiger partial charge < -0.3 is 10.5 Å². The number of nitrogens with one attached hydrogen (secondary N) is 1. The van der Waals surface area contributed by atoms with E-state index in [4.69, 9.17) is 22.1 Å². The lowest BCUT2D eigenvalue weighted by Gasteiger charge is -2.14. The standard InChI is InChI=1S/C14H15ClN2O3S/c1-2-20-13-9-4-3-8-12(13)17-21(18,19)14-10(15)6-5-7-11(14)16/h3-9,17H,2,16H2,1H3. The Morgan fingerprint density at radius 2 is 1.90 bits per heavy atom. The molecule has 0 aliphatic heterocycles. The fourth-order valence-electron chi connectivity index (χ4n) is 1.84. The second-order valence-corrected chi connectivity index (χ2v) is 6.22. The molecule has 0 atom stereocenters. The summed E-state index contributed by atoms with van der Waals surface area (Å²) in [6.07, 6.45) is 0. The van der Waals surface area contributed by atoms with Crippen LogP contribution in [0.5, 0.6) is 5.75 Å². The SMILES string of the molecule is CCOc1ccccc1NS(=O)(=O)c1c(N)cccc1Cl. The lowest BCUT2D eigenvalue weighted by atomic mass is 10.3. The molecule has 0 saturated heterocycles. The number of ether oxygens (including phenoxy) is 1. The molecule has 2 rings (SSSR count). The number of nitrogen functional groups attached to an aromatic ring is 1. The number of hydrogen-bond donors (Lipinski definition) is 2. The second-order valence-electron chi connectivity index (χ2n) is 4.19. The Labute approximate surface area is 128 Å². The number of anilines is 2. The maximum Gasteiger partial charge on any atom is 0.265 e. The van der Waals surface area contributed by atoms with Gasteiger partial charge in [-0.25, -0.2) is 8.42 Å². The molecule has 3 N–H and O–H groups in total. The van der Waals surface area contributed by atoms with E-state index in [1.165, 1.54) is 12.1 Å². The molecule has 112 valence electrons. The third-order valence-electron chi connectivity index (χ3n) is 2.70. The number of sulfonamides is 1. The van der Waals surface area contributed by atoms with Crippen LogP contribution in [0, 0.1) is 0 Å². The van der Waals surface area contributed by atoms with Crippen LogP contribution in [0.15, 0.2) is 47.4 Å². The van der Waals surface area contributed by atoms with Gasteiger partial charge in [-0.1, -0.05) is 29.8 Å². The third kappa shape index (κ3) is 3.40. The first-order chi connectivity index (χ1) is 9.95. The van der Waals surface area contributed by atoms with Gasteiger partial charge in [0, 0.05) is 0 Å². The Bertz CT molecular complexity index is 727. The summed E-state index contributed by atoms with van der Waals surface area (Å²) in [6, 6.07) is 11.3. The van der Waals surface area contributed by atoms with Crippen molar-refractivity contribution in [1.29, 1.82) is 0 Å². The molecule has 0 aliphatic rings. The van der Waals surface area contributed by atoms with Crippen molar-refractivity contribution in [2.75, 3.05) is 17.1 Å². The number of rotatable bonds is 5. The first-order valence-corrected chi connectivity index (χ1v) is 8.10. The van der Waals surface area contributed by atoms with Gasteiger partial charge in [0.25, 0.3) is 10.0 Å². The van der Waals surface area contributed by atoms with Crippen LogP contribution in [0.2, 0.25) is 5.02 Å². The minimum Gasteiger partial charge on any atom is -0.492 e. The largest absolute Gasteiger partial charge is 0.492 e. The van der Waals surface area contributed by atoms with Crippen LogP contribution >= 0.6 is 11.6 Å². The van der Waals surface area contributed by atoms with Gasteiger partial charge in [0.15, 0.2) is 0 Å².